The summed E-state index contributed by atoms with van der Waals surface area (Å²) in [4.78, 5) is 32.9. The van der Waals surface area contributed by atoms with Crippen LogP contribution in [0.2, 0.25) is 0 Å². The molecule has 1 aromatic carbocycles. The Morgan fingerprint density at radius 3 is 2.50 bits per heavy atom. The number of hydrogen-bond acceptors (Lipinski definition) is 5. The molecule has 0 atom stereocenters. The van der Waals surface area contributed by atoms with Gasteiger partial charge in [0, 0.05) is 17.2 Å². The Hall–Kier alpha value is -3.08. The SMILES string of the molecule is Cc1c(C(=O)O)cc(C#CCNC(=O)OC(C)(C)C)cc1[N+](=O)[O-]. The van der Waals surface area contributed by atoms with Gasteiger partial charge in [0.15, 0.2) is 0 Å². The third kappa shape index (κ3) is 5.61. The summed E-state index contributed by atoms with van der Waals surface area (Å²) in [6.07, 6.45) is -0.641. The zero-order valence-electron chi connectivity index (χ0n) is 13.8. The molecule has 0 bridgehead atoms. The van der Waals surface area contributed by atoms with Crippen LogP contribution in [0.25, 0.3) is 0 Å². The van der Waals surface area contributed by atoms with Crippen molar-refractivity contribution in [2.75, 3.05) is 6.54 Å². The first-order valence-electron chi connectivity index (χ1n) is 6.99. The minimum Gasteiger partial charge on any atom is -0.478 e. The molecule has 8 nitrogen and oxygen atoms in total. The minimum atomic E-state index is -1.27. The number of amides is 1. The summed E-state index contributed by atoms with van der Waals surface area (Å²) < 4.78 is 5.02. The third-order valence-corrected chi connectivity index (χ3v) is 2.76. The maximum Gasteiger partial charge on any atom is 0.408 e. The second kappa shape index (κ2) is 7.46. The van der Waals surface area contributed by atoms with Crippen molar-refractivity contribution in [3.05, 3.63) is 38.9 Å². The fourth-order valence-corrected chi connectivity index (χ4v) is 1.76. The van der Waals surface area contributed by atoms with E-state index in [-0.39, 0.29) is 28.9 Å². The Kier molecular flexibility index (Phi) is 5.89. The average molecular weight is 334 g/mol. The number of rotatable bonds is 3. The molecule has 0 spiro atoms. The van der Waals surface area contributed by atoms with E-state index in [0.29, 0.717) is 0 Å². The molecule has 24 heavy (non-hydrogen) atoms. The lowest BCUT2D eigenvalue weighted by Crippen LogP contribution is -2.32. The molecule has 1 rings (SSSR count). The smallest absolute Gasteiger partial charge is 0.408 e. The summed E-state index contributed by atoms with van der Waals surface area (Å²) in [5.41, 5.74) is -0.903. The molecule has 0 aliphatic heterocycles. The van der Waals surface area contributed by atoms with Crippen molar-refractivity contribution in [3.8, 4) is 11.8 Å². The van der Waals surface area contributed by atoms with Crippen molar-refractivity contribution in [2.45, 2.75) is 33.3 Å². The van der Waals surface area contributed by atoms with E-state index in [1.807, 2.05) is 0 Å². The predicted octanol–water partition coefficient (Wildman–Crippen LogP) is 2.48. The van der Waals surface area contributed by atoms with Crippen LogP contribution >= 0.6 is 0 Å². The highest BCUT2D eigenvalue weighted by Gasteiger charge is 2.19. The number of carboxylic acid groups (broad SMARTS) is 1. The van der Waals surface area contributed by atoms with E-state index in [1.165, 1.54) is 19.1 Å². The van der Waals surface area contributed by atoms with E-state index in [4.69, 9.17) is 9.84 Å². The molecule has 0 aliphatic carbocycles. The first-order valence-corrected chi connectivity index (χ1v) is 6.99. The molecular weight excluding hydrogens is 316 g/mol. The molecule has 1 aromatic rings. The number of alkyl carbamates (subject to hydrolysis) is 1. The van der Waals surface area contributed by atoms with Gasteiger partial charge in [-0.1, -0.05) is 11.8 Å². The number of nitro benzene ring substituents is 1. The Labute approximate surface area is 139 Å². The van der Waals surface area contributed by atoms with Crippen molar-refractivity contribution in [1.82, 2.24) is 5.32 Å². The number of aromatic carboxylic acids is 1. The van der Waals surface area contributed by atoms with E-state index in [9.17, 15) is 19.7 Å². The van der Waals surface area contributed by atoms with Crippen LogP contribution in [0.1, 0.15) is 42.3 Å². The standard InChI is InChI=1S/C16H18N2O6/c1-10-12(14(19)20)8-11(9-13(10)18(22)23)6-5-7-17-15(21)24-16(2,3)4/h8-9H,7H2,1-4H3,(H,17,21)(H,19,20). The number of benzene rings is 1. The van der Waals surface area contributed by atoms with Gasteiger partial charge in [-0.2, -0.15) is 0 Å². The lowest BCUT2D eigenvalue weighted by molar-refractivity contribution is -0.385. The molecule has 0 heterocycles. The van der Waals surface area contributed by atoms with E-state index in [0.717, 1.165) is 0 Å². The van der Waals surface area contributed by atoms with Gasteiger partial charge in [0.1, 0.15) is 5.60 Å². The lowest BCUT2D eigenvalue weighted by atomic mass is 10.0. The van der Waals surface area contributed by atoms with Gasteiger partial charge in [0.05, 0.1) is 17.0 Å². The molecular formula is C16H18N2O6. The molecule has 8 heteroatoms. The zero-order chi connectivity index (χ0) is 18.5. The molecule has 0 fully saturated rings. The highest BCUT2D eigenvalue weighted by molar-refractivity contribution is 5.91. The van der Waals surface area contributed by atoms with Gasteiger partial charge in [-0.05, 0) is 33.8 Å². The van der Waals surface area contributed by atoms with E-state index in [1.54, 1.807) is 20.8 Å². The second-order valence-electron chi connectivity index (χ2n) is 5.89. The van der Waals surface area contributed by atoms with Crippen LogP contribution in [0.3, 0.4) is 0 Å². The summed E-state index contributed by atoms with van der Waals surface area (Å²) >= 11 is 0. The normalized spacial score (nSPS) is 10.3. The molecule has 0 radical (unpaired) electrons. The van der Waals surface area contributed by atoms with E-state index < -0.39 is 22.6 Å². The highest BCUT2D eigenvalue weighted by atomic mass is 16.6. The topological polar surface area (TPSA) is 119 Å². The first-order chi connectivity index (χ1) is 11.0. The minimum absolute atomic E-state index is 0.0427. The number of carbonyl (C=O) groups is 2. The number of ether oxygens (including phenoxy) is 1. The molecule has 0 aliphatic rings. The van der Waals surface area contributed by atoms with Gasteiger partial charge < -0.3 is 15.2 Å². The van der Waals surface area contributed by atoms with Crippen LogP contribution in [0.5, 0.6) is 0 Å². The zero-order valence-corrected chi connectivity index (χ0v) is 13.8. The molecule has 2 N–H and O–H groups in total. The van der Waals surface area contributed by atoms with E-state index in [2.05, 4.69) is 17.2 Å². The Morgan fingerprint density at radius 1 is 1.38 bits per heavy atom. The second-order valence-corrected chi connectivity index (χ2v) is 5.89. The number of carbonyl (C=O) groups excluding carboxylic acids is 1. The van der Waals surface area contributed by atoms with Crippen LogP contribution in [0.15, 0.2) is 12.1 Å². The Bertz CT molecular complexity index is 702. The summed E-state index contributed by atoms with van der Waals surface area (Å²) in [6, 6.07) is 2.45. The largest absolute Gasteiger partial charge is 0.478 e. The first kappa shape index (κ1) is 19.0. The van der Waals surface area contributed by atoms with Gasteiger partial charge >= 0.3 is 12.1 Å². The Balaban J connectivity index is 2.91. The molecule has 0 saturated carbocycles. The summed E-state index contributed by atoms with van der Waals surface area (Å²) in [7, 11) is 0. The maximum atomic E-state index is 11.4. The lowest BCUT2D eigenvalue weighted by Gasteiger charge is -2.18. The summed E-state index contributed by atoms with van der Waals surface area (Å²) in [5, 5.41) is 22.5. The van der Waals surface area contributed by atoms with Gasteiger partial charge in [-0.3, -0.25) is 10.1 Å². The number of nitro groups is 1. The molecule has 1 amide bonds. The maximum absolute atomic E-state index is 11.4. The van der Waals surface area contributed by atoms with Gasteiger partial charge in [-0.15, -0.1) is 0 Å². The number of nitrogens with zero attached hydrogens (tertiary/aromatic N) is 1. The van der Waals surface area contributed by atoms with Crippen LogP contribution < -0.4 is 5.32 Å². The third-order valence-electron chi connectivity index (χ3n) is 2.76. The molecule has 128 valence electrons. The monoisotopic (exact) mass is 334 g/mol. The molecule has 0 saturated heterocycles. The van der Waals surface area contributed by atoms with Crippen molar-refractivity contribution in [1.29, 1.82) is 0 Å². The Morgan fingerprint density at radius 2 is 2.00 bits per heavy atom. The van der Waals surface area contributed by atoms with Gasteiger partial charge in [0.2, 0.25) is 0 Å². The quantitative estimate of drug-likeness (QED) is 0.498. The number of hydrogen-bond donors (Lipinski definition) is 2. The fourth-order valence-electron chi connectivity index (χ4n) is 1.76. The van der Waals surface area contributed by atoms with Crippen LogP contribution in [0, 0.1) is 28.9 Å². The molecule has 0 aromatic heterocycles. The highest BCUT2D eigenvalue weighted by Crippen LogP contribution is 2.23. The summed E-state index contributed by atoms with van der Waals surface area (Å²) in [5.74, 6) is 3.91. The van der Waals surface area contributed by atoms with Crippen LogP contribution in [-0.2, 0) is 4.74 Å². The predicted molar refractivity (Wildman–Crippen MR) is 85.9 cm³/mol. The summed E-state index contributed by atoms with van der Waals surface area (Å²) in [6.45, 7) is 6.48. The van der Waals surface area contributed by atoms with Crippen LogP contribution in [-0.4, -0.2) is 34.2 Å². The number of carboxylic acids is 1. The van der Waals surface area contributed by atoms with Gasteiger partial charge in [-0.25, -0.2) is 9.59 Å². The average Bonchev–Trinajstić information content (AvgIpc) is 2.42. The van der Waals surface area contributed by atoms with Crippen molar-refractivity contribution in [2.24, 2.45) is 0 Å². The van der Waals surface area contributed by atoms with E-state index >= 15 is 0 Å². The van der Waals surface area contributed by atoms with Crippen LogP contribution in [0.4, 0.5) is 10.5 Å². The van der Waals surface area contributed by atoms with Gasteiger partial charge in [0.25, 0.3) is 5.69 Å². The number of nitrogens with one attached hydrogen (secondary N) is 1. The van der Waals surface area contributed by atoms with Crippen molar-refractivity contribution < 1.29 is 24.4 Å². The van der Waals surface area contributed by atoms with Crippen molar-refractivity contribution >= 4 is 17.7 Å². The molecule has 0 unspecified atom stereocenters. The van der Waals surface area contributed by atoms with Crippen molar-refractivity contribution in [3.63, 3.8) is 0 Å². The fraction of sp³-hybridized carbons (Fsp3) is 0.375.